The van der Waals surface area contributed by atoms with Crippen molar-refractivity contribution in [3.63, 3.8) is 0 Å². The van der Waals surface area contributed by atoms with Gasteiger partial charge in [-0.3, -0.25) is 0 Å². The van der Waals surface area contributed by atoms with Crippen LogP contribution < -0.4 is 0 Å². The molecule has 0 aliphatic heterocycles. The summed E-state index contributed by atoms with van der Waals surface area (Å²) in [4.78, 5) is 5.30. The SMILES string of the molecule is c1ccc2c(c1)-c1ccccc1C21c2ccccc2-c2ccc(-c3cc(-c4ccc(-c5cccc6ccccc56)cc4)c4nc(C5CCCCC5)oc4c3)cc21. The van der Waals surface area contributed by atoms with Crippen LogP contribution >= 0.6 is 0 Å². The van der Waals surface area contributed by atoms with E-state index >= 15 is 0 Å². The Balaban J connectivity index is 1.05. The molecule has 0 amide bonds. The van der Waals surface area contributed by atoms with Gasteiger partial charge in [-0.25, -0.2) is 4.98 Å². The number of nitrogens with zero attached hydrogens (tertiary/aromatic N) is 1. The standard InChI is InChI=1S/C54H39NO/c1-2-14-37(15-3-1)53-55-52-46(36-27-25-35(26-28-36)41-21-12-16-34-13-4-5-17-40(34)41)31-39(33-51(52)56-53)38-29-30-45-44-20-8-11-24-49(44)54(50(45)32-38)47-22-9-6-18-42(47)43-19-7-10-23-48(43)54/h4-13,16-33,37H,1-3,14-15H2. The van der Waals surface area contributed by atoms with Crippen LogP contribution in [0.1, 0.15) is 66.2 Å². The molecule has 2 heteroatoms. The van der Waals surface area contributed by atoms with E-state index in [4.69, 9.17) is 9.40 Å². The molecule has 8 aromatic carbocycles. The number of oxazole rings is 1. The van der Waals surface area contributed by atoms with Gasteiger partial charge in [0, 0.05) is 11.5 Å². The maximum atomic E-state index is 6.79. The van der Waals surface area contributed by atoms with Gasteiger partial charge in [0.05, 0.1) is 5.41 Å². The fourth-order valence-corrected chi connectivity index (χ4v) is 10.5. The molecule has 0 N–H and O–H groups in total. The minimum Gasteiger partial charge on any atom is -0.440 e. The molecule has 1 saturated carbocycles. The van der Waals surface area contributed by atoms with Crippen molar-refractivity contribution in [3.05, 3.63) is 198 Å². The average Bonchev–Trinajstić information content (AvgIpc) is 3.93. The topological polar surface area (TPSA) is 26.0 Å². The summed E-state index contributed by atoms with van der Waals surface area (Å²) in [5.74, 6) is 1.27. The smallest absolute Gasteiger partial charge is 0.198 e. The molecular weight excluding hydrogens is 679 g/mol. The Morgan fingerprint density at radius 1 is 0.429 bits per heavy atom. The first kappa shape index (κ1) is 31.8. The minimum absolute atomic E-state index is 0.377. The molecule has 266 valence electrons. The lowest BCUT2D eigenvalue weighted by Gasteiger charge is -2.30. The molecule has 0 atom stereocenters. The Morgan fingerprint density at radius 2 is 0.982 bits per heavy atom. The molecule has 0 saturated heterocycles. The van der Waals surface area contributed by atoms with E-state index in [9.17, 15) is 0 Å². The molecule has 3 aliphatic rings. The summed E-state index contributed by atoms with van der Waals surface area (Å²) in [5.41, 5.74) is 19.2. The zero-order valence-corrected chi connectivity index (χ0v) is 31.1. The van der Waals surface area contributed by atoms with E-state index in [1.54, 1.807) is 0 Å². The third-order valence-corrected chi connectivity index (χ3v) is 13.1. The van der Waals surface area contributed by atoms with Gasteiger partial charge in [0.15, 0.2) is 11.5 Å². The normalized spacial score (nSPS) is 15.2. The maximum absolute atomic E-state index is 6.79. The number of hydrogen-bond donors (Lipinski definition) is 0. The highest BCUT2D eigenvalue weighted by molar-refractivity contribution is 6.00. The Hall–Kier alpha value is -6.51. The summed E-state index contributed by atoms with van der Waals surface area (Å²) in [6.45, 7) is 0. The number of fused-ring (bicyclic) bond motifs is 12. The van der Waals surface area contributed by atoms with Crippen LogP contribution in [-0.4, -0.2) is 4.98 Å². The third kappa shape index (κ3) is 4.53. The molecule has 56 heavy (non-hydrogen) atoms. The van der Waals surface area contributed by atoms with Crippen LogP contribution in [0, 0.1) is 0 Å². The van der Waals surface area contributed by atoms with Gasteiger partial charge in [-0.2, -0.15) is 0 Å². The summed E-state index contributed by atoms with van der Waals surface area (Å²) in [6.07, 6.45) is 6.06. The second kappa shape index (κ2) is 12.2. The maximum Gasteiger partial charge on any atom is 0.198 e. The zero-order valence-electron chi connectivity index (χ0n) is 31.1. The van der Waals surface area contributed by atoms with E-state index in [2.05, 4.69) is 170 Å². The molecule has 12 rings (SSSR count). The van der Waals surface area contributed by atoms with Gasteiger partial charge >= 0.3 is 0 Å². The molecule has 0 unspecified atom stereocenters. The Kier molecular flexibility index (Phi) is 6.96. The van der Waals surface area contributed by atoms with Gasteiger partial charge in [0.2, 0.25) is 0 Å². The van der Waals surface area contributed by atoms with Gasteiger partial charge in [-0.1, -0.05) is 171 Å². The molecule has 1 heterocycles. The van der Waals surface area contributed by atoms with E-state index in [1.165, 1.54) is 91.2 Å². The number of benzene rings is 8. The summed E-state index contributed by atoms with van der Waals surface area (Å²) in [7, 11) is 0. The van der Waals surface area contributed by atoms with Crippen molar-refractivity contribution in [3.8, 4) is 55.6 Å². The number of hydrogen-bond acceptors (Lipinski definition) is 2. The highest BCUT2D eigenvalue weighted by atomic mass is 16.3. The second-order valence-corrected chi connectivity index (χ2v) is 16.0. The Morgan fingerprint density at radius 3 is 1.68 bits per heavy atom. The van der Waals surface area contributed by atoms with Crippen LogP contribution in [0.25, 0.3) is 77.5 Å². The largest absolute Gasteiger partial charge is 0.440 e. The van der Waals surface area contributed by atoms with Gasteiger partial charge in [0.1, 0.15) is 5.52 Å². The van der Waals surface area contributed by atoms with Crippen molar-refractivity contribution in [1.82, 2.24) is 4.98 Å². The molecule has 1 spiro atoms. The second-order valence-electron chi connectivity index (χ2n) is 16.0. The first-order valence-corrected chi connectivity index (χ1v) is 20.2. The van der Waals surface area contributed by atoms with Gasteiger partial charge in [0.25, 0.3) is 0 Å². The Bertz CT molecular complexity index is 2940. The van der Waals surface area contributed by atoms with Gasteiger partial charge in [-0.15, -0.1) is 0 Å². The van der Waals surface area contributed by atoms with E-state index in [1.807, 2.05) is 0 Å². The van der Waals surface area contributed by atoms with Crippen LogP contribution in [0.5, 0.6) is 0 Å². The van der Waals surface area contributed by atoms with Crippen LogP contribution in [0.15, 0.2) is 174 Å². The first-order chi connectivity index (χ1) is 27.8. The van der Waals surface area contributed by atoms with Crippen molar-refractivity contribution in [1.29, 1.82) is 0 Å². The minimum atomic E-state index is -0.389. The first-order valence-electron chi connectivity index (χ1n) is 20.2. The predicted molar refractivity (Wildman–Crippen MR) is 230 cm³/mol. The van der Waals surface area contributed by atoms with E-state index in [-0.39, 0.29) is 5.41 Å². The summed E-state index contributed by atoms with van der Waals surface area (Å²) in [6, 6.07) is 63.1. The van der Waals surface area contributed by atoms with Crippen molar-refractivity contribution in [2.24, 2.45) is 0 Å². The van der Waals surface area contributed by atoms with Gasteiger partial charge < -0.3 is 4.42 Å². The lowest BCUT2D eigenvalue weighted by atomic mass is 9.70. The molecular formula is C54H39NO. The third-order valence-electron chi connectivity index (χ3n) is 13.1. The van der Waals surface area contributed by atoms with Crippen molar-refractivity contribution >= 4 is 21.9 Å². The summed E-state index contributed by atoms with van der Waals surface area (Å²) < 4.78 is 6.79. The Labute approximate surface area is 327 Å². The quantitative estimate of drug-likeness (QED) is 0.181. The zero-order chi connectivity index (χ0) is 36.8. The van der Waals surface area contributed by atoms with Crippen LogP contribution in [-0.2, 0) is 5.41 Å². The van der Waals surface area contributed by atoms with E-state index in [0.29, 0.717) is 5.92 Å². The lowest BCUT2D eigenvalue weighted by Crippen LogP contribution is -2.25. The van der Waals surface area contributed by atoms with Crippen LogP contribution in [0.2, 0.25) is 0 Å². The summed E-state index contributed by atoms with van der Waals surface area (Å²) >= 11 is 0. The number of aromatic nitrogens is 1. The predicted octanol–water partition coefficient (Wildman–Crippen LogP) is 14.4. The van der Waals surface area contributed by atoms with E-state index in [0.717, 1.165) is 46.5 Å². The molecule has 1 fully saturated rings. The van der Waals surface area contributed by atoms with Crippen molar-refractivity contribution in [2.75, 3.05) is 0 Å². The fraction of sp³-hybridized carbons (Fsp3) is 0.130. The molecule has 0 bridgehead atoms. The fourth-order valence-electron chi connectivity index (χ4n) is 10.5. The van der Waals surface area contributed by atoms with Crippen molar-refractivity contribution < 1.29 is 4.42 Å². The average molecular weight is 718 g/mol. The number of rotatable bonds is 4. The highest BCUT2D eigenvalue weighted by Gasteiger charge is 2.51. The molecule has 3 aliphatic carbocycles. The highest BCUT2D eigenvalue weighted by Crippen LogP contribution is 2.63. The molecule has 9 aromatic rings. The molecule has 1 aromatic heterocycles. The van der Waals surface area contributed by atoms with Crippen LogP contribution in [0.4, 0.5) is 0 Å². The van der Waals surface area contributed by atoms with Crippen LogP contribution in [0.3, 0.4) is 0 Å². The molecule has 0 radical (unpaired) electrons. The molecule has 2 nitrogen and oxygen atoms in total. The van der Waals surface area contributed by atoms with Gasteiger partial charge in [-0.05, 0) is 114 Å². The monoisotopic (exact) mass is 717 g/mol. The van der Waals surface area contributed by atoms with Crippen molar-refractivity contribution in [2.45, 2.75) is 43.4 Å². The summed E-state index contributed by atoms with van der Waals surface area (Å²) in [5, 5.41) is 2.52. The lowest BCUT2D eigenvalue weighted by molar-refractivity contribution is 0.373. The van der Waals surface area contributed by atoms with E-state index < -0.39 is 0 Å².